The first kappa shape index (κ1) is 16.8. The lowest BCUT2D eigenvalue weighted by molar-refractivity contribution is -0.139. The van der Waals surface area contributed by atoms with Crippen molar-refractivity contribution < 1.29 is 9.53 Å². The molecule has 2 aromatic carbocycles. The molecular weight excluding hydrogens is 308 g/mol. The Labute approximate surface area is 141 Å². The maximum absolute atomic E-state index is 11.5. The SMILES string of the molecule is O=C(/C=C/C=C/C=C/c1ccc(Cl)cc1)OCc1ccccc1. The summed E-state index contributed by atoms with van der Waals surface area (Å²) in [6.07, 6.45) is 10.5. The van der Waals surface area contributed by atoms with Gasteiger partial charge in [-0.05, 0) is 23.3 Å². The lowest BCUT2D eigenvalue weighted by Crippen LogP contribution is -2.00. The molecule has 0 aromatic heterocycles. The number of benzene rings is 2. The average Bonchev–Trinajstić information content (AvgIpc) is 2.58. The Balaban J connectivity index is 1.72. The number of hydrogen-bond donors (Lipinski definition) is 0. The van der Waals surface area contributed by atoms with Crippen LogP contribution in [0.25, 0.3) is 6.08 Å². The Morgan fingerprint density at radius 1 is 0.913 bits per heavy atom. The number of carbonyl (C=O) groups is 1. The number of allylic oxidation sites excluding steroid dienone is 4. The van der Waals surface area contributed by atoms with Gasteiger partial charge in [0.05, 0.1) is 0 Å². The molecule has 0 heterocycles. The quantitative estimate of drug-likeness (QED) is 0.414. The third kappa shape index (κ3) is 6.81. The summed E-state index contributed by atoms with van der Waals surface area (Å²) in [5.74, 6) is -0.361. The monoisotopic (exact) mass is 324 g/mol. The predicted molar refractivity (Wildman–Crippen MR) is 95.0 cm³/mol. The first-order chi connectivity index (χ1) is 11.2. The van der Waals surface area contributed by atoms with Crippen LogP contribution >= 0.6 is 11.6 Å². The van der Waals surface area contributed by atoms with Gasteiger partial charge in [0.25, 0.3) is 0 Å². The smallest absolute Gasteiger partial charge is 0.331 e. The first-order valence-electron chi connectivity index (χ1n) is 7.22. The van der Waals surface area contributed by atoms with E-state index in [1.54, 1.807) is 12.2 Å². The van der Waals surface area contributed by atoms with E-state index < -0.39 is 0 Å². The molecule has 0 bridgehead atoms. The van der Waals surface area contributed by atoms with Crippen LogP contribution in [-0.4, -0.2) is 5.97 Å². The zero-order valence-electron chi connectivity index (χ0n) is 12.6. The van der Waals surface area contributed by atoms with Crippen molar-refractivity contribution >= 4 is 23.6 Å². The molecule has 23 heavy (non-hydrogen) atoms. The fourth-order valence-corrected chi connectivity index (χ4v) is 1.91. The van der Waals surface area contributed by atoms with Crippen molar-refractivity contribution in [1.29, 1.82) is 0 Å². The van der Waals surface area contributed by atoms with Crippen LogP contribution in [0.4, 0.5) is 0 Å². The minimum atomic E-state index is -0.361. The number of esters is 1. The first-order valence-corrected chi connectivity index (χ1v) is 7.59. The summed E-state index contributed by atoms with van der Waals surface area (Å²) < 4.78 is 5.12. The minimum Gasteiger partial charge on any atom is -0.458 e. The summed E-state index contributed by atoms with van der Waals surface area (Å²) in [5, 5.41) is 0.717. The molecule has 116 valence electrons. The third-order valence-corrected chi connectivity index (χ3v) is 3.20. The van der Waals surface area contributed by atoms with E-state index >= 15 is 0 Å². The average molecular weight is 325 g/mol. The van der Waals surface area contributed by atoms with Crippen LogP contribution in [-0.2, 0) is 16.1 Å². The molecule has 3 heteroatoms. The Morgan fingerprint density at radius 2 is 1.61 bits per heavy atom. The molecule has 0 aliphatic carbocycles. The molecule has 2 aromatic rings. The predicted octanol–water partition coefficient (Wildman–Crippen LogP) is 5.21. The fourth-order valence-electron chi connectivity index (χ4n) is 1.78. The van der Waals surface area contributed by atoms with Crippen molar-refractivity contribution in [1.82, 2.24) is 0 Å². The fraction of sp³-hybridized carbons (Fsp3) is 0.0500. The Hall–Kier alpha value is -2.58. The highest BCUT2D eigenvalue weighted by atomic mass is 35.5. The van der Waals surface area contributed by atoms with Crippen LogP contribution in [0.3, 0.4) is 0 Å². The van der Waals surface area contributed by atoms with E-state index in [1.807, 2.05) is 72.8 Å². The molecule has 0 unspecified atom stereocenters. The van der Waals surface area contributed by atoms with E-state index in [2.05, 4.69) is 0 Å². The molecule has 0 aliphatic rings. The number of hydrogen-bond acceptors (Lipinski definition) is 2. The second-order valence-electron chi connectivity index (χ2n) is 4.75. The van der Waals surface area contributed by atoms with Crippen molar-refractivity contribution in [2.75, 3.05) is 0 Å². The van der Waals surface area contributed by atoms with Crippen LogP contribution in [0.1, 0.15) is 11.1 Å². The number of halogens is 1. The molecule has 0 spiro atoms. The van der Waals surface area contributed by atoms with Gasteiger partial charge >= 0.3 is 5.97 Å². The summed E-state index contributed by atoms with van der Waals surface area (Å²) in [4.78, 5) is 11.5. The van der Waals surface area contributed by atoms with Crippen LogP contribution in [0.15, 0.2) is 85.0 Å². The van der Waals surface area contributed by atoms with Crippen LogP contribution in [0.2, 0.25) is 5.02 Å². The van der Waals surface area contributed by atoms with E-state index in [1.165, 1.54) is 6.08 Å². The normalized spacial score (nSPS) is 11.5. The van der Waals surface area contributed by atoms with Gasteiger partial charge in [-0.1, -0.05) is 84.4 Å². The maximum atomic E-state index is 11.5. The third-order valence-electron chi connectivity index (χ3n) is 2.95. The molecule has 2 nitrogen and oxygen atoms in total. The molecule has 0 radical (unpaired) electrons. The van der Waals surface area contributed by atoms with Gasteiger partial charge in [0.2, 0.25) is 0 Å². The number of rotatable bonds is 6. The van der Waals surface area contributed by atoms with E-state index in [9.17, 15) is 4.79 Å². The Morgan fingerprint density at radius 3 is 2.35 bits per heavy atom. The lowest BCUT2D eigenvalue weighted by Gasteiger charge is -2.00. The van der Waals surface area contributed by atoms with Crippen LogP contribution in [0, 0.1) is 0 Å². The number of carbonyl (C=O) groups excluding carboxylic acids is 1. The molecule has 0 amide bonds. The molecule has 0 N–H and O–H groups in total. The van der Waals surface area contributed by atoms with Crippen molar-refractivity contribution in [2.45, 2.75) is 6.61 Å². The highest BCUT2D eigenvalue weighted by molar-refractivity contribution is 6.30. The van der Waals surface area contributed by atoms with Gasteiger partial charge in [-0.25, -0.2) is 4.79 Å². The molecule has 0 fully saturated rings. The number of ether oxygens (including phenoxy) is 1. The van der Waals surface area contributed by atoms with Gasteiger partial charge in [-0.3, -0.25) is 0 Å². The summed E-state index contributed by atoms with van der Waals surface area (Å²) in [6, 6.07) is 17.1. The standard InChI is InChI=1S/C20H17ClO2/c21-19-14-12-17(13-15-19)8-4-1-2-7-11-20(22)23-16-18-9-5-3-6-10-18/h1-15H,16H2/b2-1+,8-4+,11-7+. The Kier molecular flexibility index (Phi) is 6.89. The topological polar surface area (TPSA) is 26.3 Å². The van der Waals surface area contributed by atoms with Gasteiger partial charge in [0.15, 0.2) is 0 Å². The van der Waals surface area contributed by atoms with Crippen molar-refractivity contribution in [2.24, 2.45) is 0 Å². The zero-order chi connectivity index (χ0) is 16.3. The second kappa shape index (κ2) is 9.44. The lowest BCUT2D eigenvalue weighted by atomic mass is 10.2. The zero-order valence-corrected chi connectivity index (χ0v) is 13.3. The van der Waals surface area contributed by atoms with Crippen LogP contribution < -0.4 is 0 Å². The highest BCUT2D eigenvalue weighted by Crippen LogP contribution is 2.10. The highest BCUT2D eigenvalue weighted by Gasteiger charge is 1.96. The molecule has 2 rings (SSSR count). The van der Waals surface area contributed by atoms with E-state index in [-0.39, 0.29) is 12.6 Å². The van der Waals surface area contributed by atoms with Gasteiger partial charge < -0.3 is 4.74 Å². The van der Waals surface area contributed by atoms with Gasteiger partial charge in [-0.2, -0.15) is 0 Å². The Bertz CT molecular complexity index is 698. The summed E-state index contributed by atoms with van der Waals surface area (Å²) >= 11 is 5.82. The van der Waals surface area contributed by atoms with Crippen molar-refractivity contribution in [3.05, 3.63) is 101 Å². The summed E-state index contributed by atoms with van der Waals surface area (Å²) in [7, 11) is 0. The summed E-state index contributed by atoms with van der Waals surface area (Å²) in [6.45, 7) is 0.282. The molecule has 0 aliphatic heterocycles. The van der Waals surface area contributed by atoms with Crippen molar-refractivity contribution in [3.63, 3.8) is 0 Å². The van der Waals surface area contributed by atoms with Crippen LogP contribution in [0.5, 0.6) is 0 Å². The van der Waals surface area contributed by atoms with Gasteiger partial charge in [0, 0.05) is 11.1 Å². The van der Waals surface area contributed by atoms with E-state index in [0.717, 1.165) is 16.1 Å². The van der Waals surface area contributed by atoms with E-state index in [4.69, 9.17) is 16.3 Å². The van der Waals surface area contributed by atoms with Gasteiger partial charge in [0.1, 0.15) is 6.61 Å². The molecular formula is C20H17ClO2. The van der Waals surface area contributed by atoms with E-state index in [0.29, 0.717) is 0 Å². The summed E-state index contributed by atoms with van der Waals surface area (Å²) in [5.41, 5.74) is 2.03. The molecule has 0 saturated carbocycles. The van der Waals surface area contributed by atoms with Gasteiger partial charge in [-0.15, -0.1) is 0 Å². The second-order valence-corrected chi connectivity index (χ2v) is 5.18. The minimum absolute atomic E-state index is 0.282. The maximum Gasteiger partial charge on any atom is 0.331 e. The largest absolute Gasteiger partial charge is 0.458 e. The molecule has 0 saturated heterocycles. The molecule has 0 atom stereocenters. The van der Waals surface area contributed by atoms with Crippen molar-refractivity contribution in [3.8, 4) is 0 Å².